The lowest BCUT2D eigenvalue weighted by Gasteiger charge is -2.42. The van der Waals surface area contributed by atoms with Crippen molar-refractivity contribution >= 4 is 33.2 Å². The van der Waals surface area contributed by atoms with E-state index >= 15 is 0 Å². The predicted octanol–water partition coefficient (Wildman–Crippen LogP) is 4.48. The van der Waals surface area contributed by atoms with Crippen molar-refractivity contribution in [1.82, 2.24) is 4.72 Å². The number of carbonyl (C=O) groups is 1. The second-order valence-corrected chi connectivity index (χ2v) is 14.1. The van der Waals surface area contributed by atoms with E-state index in [1.807, 2.05) is 30.4 Å². The Balaban J connectivity index is 1.38. The molecule has 0 radical (unpaired) electrons. The van der Waals surface area contributed by atoms with Crippen molar-refractivity contribution < 1.29 is 27.8 Å². The molecule has 0 spiro atoms. The molecule has 41 heavy (non-hydrogen) atoms. The van der Waals surface area contributed by atoms with Gasteiger partial charge in [0.05, 0.1) is 25.0 Å². The van der Waals surface area contributed by atoms with Gasteiger partial charge in [-0.25, -0.2) is 13.1 Å². The van der Waals surface area contributed by atoms with E-state index < -0.39 is 27.3 Å². The third-order valence-corrected chi connectivity index (χ3v) is 11.2. The molecule has 4 aliphatic rings. The third-order valence-electron chi connectivity index (χ3n) is 9.15. The maximum atomic E-state index is 13.3. The topological polar surface area (TPSA) is 105 Å². The summed E-state index contributed by atoms with van der Waals surface area (Å²) in [5.41, 5.74) is 3.26. The van der Waals surface area contributed by atoms with Gasteiger partial charge < -0.3 is 19.5 Å². The number of ether oxygens (including phenoxy) is 2. The summed E-state index contributed by atoms with van der Waals surface area (Å²) in [5, 5.41) is 10.9. The molecule has 3 aliphatic heterocycles. The van der Waals surface area contributed by atoms with E-state index in [0.717, 1.165) is 49.9 Å². The normalized spacial score (nSPS) is 30.7. The number of nitrogens with one attached hydrogen (secondary N) is 1. The molecular weight excluding hydrogens is 564 g/mol. The minimum atomic E-state index is -3.98. The quantitative estimate of drug-likeness (QED) is 0.430. The molecule has 1 saturated carbocycles. The van der Waals surface area contributed by atoms with Crippen LogP contribution in [0.3, 0.4) is 0 Å². The van der Waals surface area contributed by atoms with Crippen LogP contribution in [0.15, 0.2) is 48.6 Å². The molecule has 8 nitrogen and oxygen atoms in total. The van der Waals surface area contributed by atoms with Gasteiger partial charge in [0.1, 0.15) is 17.6 Å². The highest BCUT2D eigenvalue weighted by atomic mass is 35.5. The molecule has 0 aromatic heterocycles. The van der Waals surface area contributed by atoms with Crippen molar-refractivity contribution in [3.8, 4) is 5.75 Å². The Kier molecular flexibility index (Phi) is 8.32. The monoisotopic (exact) mass is 600 g/mol. The van der Waals surface area contributed by atoms with Crippen LogP contribution in [0.1, 0.15) is 53.6 Å². The molecule has 220 valence electrons. The molecule has 0 unspecified atom stereocenters. The molecular formula is C31H37ClN2O6S. The molecule has 2 aromatic rings. The first-order valence-corrected chi connectivity index (χ1v) is 16.5. The lowest BCUT2D eigenvalue weighted by Crippen LogP contribution is -2.44. The molecule has 1 amide bonds. The SMILES string of the molecule is O=C1NS(=O)(=O)[C@@H]2COC[C@H]2C/C=C/[C@@H](O)[C@@H]2CC[C@H]2CN2CCCCc3cc(Cl)ccc3COc3ccc1cc32. The van der Waals surface area contributed by atoms with Crippen molar-refractivity contribution in [2.75, 3.05) is 31.2 Å². The highest BCUT2D eigenvalue weighted by molar-refractivity contribution is 7.90. The van der Waals surface area contributed by atoms with E-state index in [0.29, 0.717) is 37.0 Å². The van der Waals surface area contributed by atoms with Crippen LogP contribution in [0.4, 0.5) is 5.69 Å². The van der Waals surface area contributed by atoms with E-state index in [2.05, 4.69) is 9.62 Å². The predicted molar refractivity (Wildman–Crippen MR) is 158 cm³/mol. The Morgan fingerprint density at radius 3 is 2.73 bits per heavy atom. The standard InChI is InChI=1S/C31H37ClN2O6S/c32-25-10-7-23-18-40-29-12-9-21-15-27(29)34(13-2-1-4-20(23)14-25)16-22-8-11-26(22)28(35)6-3-5-24-17-39-19-30(24)41(37,38)33-31(21)36/h3,6-7,9-10,12,14-15,22,24,26,28,30,35H,1-2,4-5,8,11,13,16-19H2,(H,33,36)/b6-3+/t22-,24+,26+,28+,30+/m0/s1. The number of carbonyl (C=O) groups excluding carboxylic acids is 1. The molecule has 10 heteroatoms. The number of aliphatic hydroxyl groups excluding tert-OH is 1. The van der Waals surface area contributed by atoms with E-state index in [9.17, 15) is 18.3 Å². The number of benzene rings is 2. The second-order valence-electron chi connectivity index (χ2n) is 11.8. The Morgan fingerprint density at radius 2 is 1.90 bits per heavy atom. The minimum absolute atomic E-state index is 0.0346. The first kappa shape index (κ1) is 28.5. The number of hydrogen-bond acceptors (Lipinski definition) is 7. The molecule has 2 aromatic carbocycles. The molecule has 6 rings (SSSR count). The molecule has 1 saturated heterocycles. The van der Waals surface area contributed by atoms with E-state index in [1.165, 1.54) is 5.56 Å². The first-order chi connectivity index (χ1) is 19.8. The number of aliphatic hydroxyl groups is 1. The number of sulfonamides is 1. The van der Waals surface area contributed by atoms with Crippen LogP contribution in [-0.2, 0) is 27.8 Å². The summed E-state index contributed by atoms with van der Waals surface area (Å²) in [4.78, 5) is 15.6. The third kappa shape index (κ3) is 6.14. The fourth-order valence-electron chi connectivity index (χ4n) is 6.57. The lowest BCUT2D eigenvalue weighted by atomic mass is 9.70. The summed E-state index contributed by atoms with van der Waals surface area (Å²) in [7, 11) is -3.98. The number of fused-ring (bicyclic) bond motifs is 4. The Hall–Kier alpha value is -2.59. The van der Waals surface area contributed by atoms with Crippen molar-refractivity contribution in [3.63, 3.8) is 0 Å². The number of allylic oxidation sites excluding steroid dienone is 1. The Labute approximate surface area is 246 Å². The fourth-order valence-corrected chi connectivity index (χ4v) is 8.27. The average molecular weight is 601 g/mol. The van der Waals surface area contributed by atoms with Crippen LogP contribution < -0.4 is 14.4 Å². The van der Waals surface area contributed by atoms with Crippen molar-refractivity contribution in [2.24, 2.45) is 17.8 Å². The zero-order valence-corrected chi connectivity index (χ0v) is 24.6. The van der Waals surface area contributed by atoms with Crippen molar-refractivity contribution in [3.05, 3.63) is 70.3 Å². The zero-order valence-electron chi connectivity index (χ0n) is 23.0. The number of rotatable bonds is 0. The zero-order chi connectivity index (χ0) is 28.6. The van der Waals surface area contributed by atoms with Gasteiger partial charge in [0.25, 0.3) is 5.91 Å². The maximum absolute atomic E-state index is 13.3. The number of amides is 1. The minimum Gasteiger partial charge on any atom is -0.487 e. The molecule has 1 aliphatic carbocycles. The van der Waals surface area contributed by atoms with Gasteiger partial charge in [0, 0.05) is 29.6 Å². The summed E-state index contributed by atoms with van der Waals surface area (Å²) in [6, 6.07) is 11.0. The van der Waals surface area contributed by atoms with Crippen LogP contribution >= 0.6 is 11.6 Å². The van der Waals surface area contributed by atoms with E-state index in [4.69, 9.17) is 21.1 Å². The van der Waals surface area contributed by atoms with Gasteiger partial charge in [-0.2, -0.15) is 0 Å². The van der Waals surface area contributed by atoms with Crippen LogP contribution in [0.5, 0.6) is 5.75 Å². The average Bonchev–Trinajstić information content (AvgIpc) is 3.39. The lowest BCUT2D eigenvalue weighted by molar-refractivity contribution is 0.0460. The summed E-state index contributed by atoms with van der Waals surface area (Å²) >= 11 is 6.30. The van der Waals surface area contributed by atoms with Gasteiger partial charge in [-0.15, -0.1) is 0 Å². The molecule has 2 fully saturated rings. The van der Waals surface area contributed by atoms with E-state index in [1.54, 1.807) is 18.2 Å². The van der Waals surface area contributed by atoms with Gasteiger partial charge in [0.15, 0.2) is 0 Å². The highest BCUT2D eigenvalue weighted by Crippen LogP contribution is 2.41. The molecule has 5 atom stereocenters. The van der Waals surface area contributed by atoms with Crippen molar-refractivity contribution in [2.45, 2.75) is 56.5 Å². The summed E-state index contributed by atoms with van der Waals surface area (Å²) in [6.45, 7) is 2.14. The van der Waals surface area contributed by atoms with Gasteiger partial charge in [0.2, 0.25) is 10.0 Å². The second kappa shape index (κ2) is 12.0. The molecule has 2 bridgehead atoms. The maximum Gasteiger partial charge on any atom is 0.264 e. The van der Waals surface area contributed by atoms with E-state index in [-0.39, 0.29) is 29.9 Å². The van der Waals surface area contributed by atoms with Gasteiger partial charge >= 0.3 is 0 Å². The van der Waals surface area contributed by atoms with Gasteiger partial charge in [-0.1, -0.05) is 29.8 Å². The van der Waals surface area contributed by atoms with Gasteiger partial charge in [-0.05, 0) is 91.8 Å². The largest absolute Gasteiger partial charge is 0.487 e. The van der Waals surface area contributed by atoms with Crippen molar-refractivity contribution in [1.29, 1.82) is 0 Å². The van der Waals surface area contributed by atoms with Gasteiger partial charge in [-0.3, -0.25) is 4.79 Å². The van der Waals surface area contributed by atoms with Crippen LogP contribution in [0, 0.1) is 17.8 Å². The number of nitrogens with zero attached hydrogens (tertiary/aromatic N) is 1. The Bertz CT molecular complexity index is 1430. The smallest absolute Gasteiger partial charge is 0.264 e. The number of aryl methyl sites for hydroxylation is 1. The summed E-state index contributed by atoms with van der Waals surface area (Å²) in [6.07, 6.45) is 8.28. The fraction of sp³-hybridized carbons (Fsp3) is 0.516. The Morgan fingerprint density at radius 1 is 1.02 bits per heavy atom. The molecule has 3 heterocycles. The first-order valence-electron chi connectivity index (χ1n) is 14.6. The number of halogens is 1. The highest BCUT2D eigenvalue weighted by Gasteiger charge is 2.40. The van der Waals surface area contributed by atoms with Crippen LogP contribution in [0.25, 0.3) is 0 Å². The number of anilines is 1. The summed E-state index contributed by atoms with van der Waals surface area (Å²) in [5.74, 6) is 0.0972. The number of hydrogen-bond donors (Lipinski definition) is 2. The van der Waals surface area contributed by atoms with Crippen LogP contribution in [0.2, 0.25) is 5.02 Å². The van der Waals surface area contributed by atoms with Crippen LogP contribution in [-0.4, -0.2) is 57.1 Å². The summed E-state index contributed by atoms with van der Waals surface area (Å²) < 4.78 is 40.8. The molecule has 2 N–H and O–H groups in total.